The number of hydrogen-bond acceptors (Lipinski definition) is 5. The molecule has 0 aliphatic carbocycles. The van der Waals surface area contributed by atoms with Crippen LogP contribution in [0.25, 0.3) is 11.0 Å². The average Bonchev–Trinajstić information content (AvgIpc) is 2.92. The van der Waals surface area contributed by atoms with Crippen molar-refractivity contribution in [3.63, 3.8) is 0 Å². The molecule has 0 aromatic carbocycles. The largest absolute Gasteiger partial charge is 0.373 e. The summed E-state index contributed by atoms with van der Waals surface area (Å²) in [5, 5.41) is 3.36. The standard InChI is InChI=1S/C15H18N4O2/c20-14-13-12(2-1-5-17-13)18-10-19(14)11-8-15(21-9-11)3-6-16-7-4-15/h1-2,5,10-11,16H,3-4,6-9H2/t11-/m0/s1. The fraction of sp³-hybridized carbons (Fsp3) is 0.533. The molecule has 1 spiro atoms. The number of ether oxygens (including phenoxy) is 1. The monoisotopic (exact) mass is 286 g/mol. The predicted molar refractivity (Wildman–Crippen MR) is 78.2 cm³/mol. The van der Waals surface area contributed by atoms with E-state index in [-0.39, 0.29) is 17.2 Å². The molecule has 21 heavy (non-hydrogen) atoms. The highest BCUT2D eigenvalue weighted by Gasteiger charge is 2.42. The first kappa shape index (κ1) is 12.9. The highest BCUT2D eigenvalue weighted by Crippen LogP contribution is 2.38. The van der Waals surface area contributed by atoms with Gasteiger partial charge >= 0.3 is 0 Å². The lowest BCUT2D eigenvalue weighted by Crippen LogP contribution is -2.41. The molecule has 2 aromatic heterocycles. The molecule has 4 heterocycles. The van der Waals surface area contributed by atoms with Crippen molar-refractivity contribution in [3.8, 4) is 0 Å². The van der Waals surface area contributed by atoms with Crippen LogP contribution in [0.1, 0.15) is 25.3 Å². The molecule has 4 rings (SSSR count). The normalized spacial score (nSPS) is 24.7. The molecule has 2 aliphatic rings. The van der Waals surface area contributed by atoms with Gasteiger partial charge in [0.15, 0.2) is 5.52 Å². The molecule has 0 unspecified atom stereocenters. The molecule has 2 aliphatic heterocycles. The maximum Gasteiger partial charge on any atom is 0.280 e. The Morgan fingerprint density at radius 1 is 1.33 bits per heavy atom. The van der Waals surface area contributed by atoms with E-state index in [4.69, 9.17) is 4.74 Å². The van der Waals surface area contributed by atoms with Crippen molar-refractivity contribution in [1.82, 2.24) is 19.9 Å². The Balaban J connectivity index is 1.68. The van der Waals surface area contributed by atoms with E-state index in [2.05, 4.69) is 15.3 Å². The molecule has 0 radical (unpaired) electrons. The Bertz CT molecular complexity index is 721. The third-order valence-electron chi connectivity index (χ3n) is 4.64. The molecule has 1 N–H and O–H groups in total. The van der Waals surface area contributed by atoms with E-state index < -0.39 is 0 Å². The van der Waals surface area contributed by atoms with E-state index in [0.717, 1.165) is 32.4 Å². The van der Waals surface area contributed by atoms with Crippen molar-refractivity contribution in [1.29, 1.82) is 0 Å². The zero-order valence-corrected chi connectivity index (χ0v) is 11.8. The van der Waals surface area contributed by atoms with Gasteiger partial charge in [0, 0.05) is 6.20 Å². The molecule has 6 nitrogen and oxygen atoms in total. The predicted octanol–water partition coefficient (Wildman–Crippen LogP) is 0.875. The van der Waals surface area contributed by atoms with Crippen molar-refractivity contribution >= 4 is 11.0 Å². The lowest BCUT2D eigenvalue weighted by atomic mass is 9.88. The molecular formula is C15H18N4O2. The van der Waals surface area contributed by atoms with Crippen LogP contribution in [0, 0.1) is 0 Å². The van der Waals surface area contributed by atoms with E-state index >= 15 is 0 Å². The number of nitrogens with one attached hydrogen (secondary N) is 1. The Morgan fingerprint density at radius 3 is 3.05 bits per heavy atom. The minimum Gasteiger partial charge on any atom is -0.373 e. The molecule has 0 bridgehead atoms. The molecule has 0 amide bonds. The van der Waals surface area contributed by atoms with Gasteiger partial charge in [-0.15, -0.1) is 0 Å². The van der Waals surface area contributed by atoms with Crippen LogP contribution in [-0.4, -0.2) is 39.8 Å². The Labute approximate surface area is 122 Å². The van der Waals surface area contributed by atoms with Crippen LogP contribution in [0.2, 0.25) is 0 Å². The third-order valence-corrected chi connectivity index (χ3v) is 4.64. The zero-order chi connectivity index (χ0) is 14.3. The van der Waals surface area contributed by atoms with Crippen molar-refractivity contribution in [2.45, 2.75) is 30.9 Å². The number of piperidine rings is 1. The Hall–Kier alpha value is -1.79. The van der Waals surface area contributed by atoms with Gasteiger partial charge in [-0.2, -0.15) is 0 Å². The first-order valence-electron chi connectivity index (χ1n) is 7.44. The molecule has 0 saturated carbocycles. The summed E-state index contributed by atoms with van der Waals surface area (Å²) in [6, 6.07) is 3.67. The van der Waals surface area contributed by atoms with Crippen LogP contribution in [0.3, 0.4) is 0 Å². The fourth-order valence-electron chi connectivity index (χ4n) is 3.45. The first-order valence-corrected chi connectivity index (χ1v) is 7.44. The van der Waals surface area contributed by atoms with Gasteiger partial charge in [-0.25, -0.2) is 9.97 Å². The third kappa shape index (κ3) is 2.15. The molecular weight excluding hydrogens is 268 g/mol. The number of rotatable bonds is 1. The highest BCUT2D eigenvalue weighted by atomic mass is 16.5. The zero-order valence-electron chi connectivity index (χ0n) is 11.8. The van der Waals surface area contributed by atoms with Gasteiger partial charge in [0.05, 0.1) is 30.1 Å². The summed E-state index contributed by atoms with van der Waals surface area (Å²) in [7, 11) is 0. The van der Waals surface area contributed by atoms with Gasteiger partial charge in [0.2, 0.25) is 0 Å². The van der Waals surface area contributed by atoms with Crippen molar-refractivity contribution in [3.05, 3.63) is 35.0 Å². The van der Waals surface area contributed by atoms with Gasteiger partial charge in [-0.05, 0) is 44.5 Å². The number of pyridine rings is 1. The second kappa shape index (κ2) is 4.89. The molecule has 2 fully saturated rings. The average molecular weight is 286 g/mol. The van der Waals surface area contributed by atoms with E-state index in [1.807, 2.05) is 6.07 Å². The van der Waals surface area contributed by atoms with Crippen LogP contribution in [-0.2, 0) is 4.74 Å². The summed E-state index contributed by atoms with van der Waals surface area (Å²) >= 11 is 0. The molecule has 6 heteroatoms. The number of hydrogen-bond donors (Lipinski definition) is 1. The van der Waals surface area contributed by atoms with Gasteiger partial charge in [0.1, 0.15) is 0 Å². The summed E-state index contributed by atoms with van der Waals surface area (Å²) in [5.74, 6) is 0. The number of fused-ring (bicyclic) bond motifs is 1. The van der Waals surface area contributed by atoms with Crippen LogP contribution in [0.5, 0.6) is 0 Å². The van der Waals surface area contributed by atoms with Crippen LogP contribution < -0.4 is 10.9 Å². The van der Waals surface area contributed by atoms with Gasteiger partial charge < -0.3 is 10.1 Å². The topological polar surface area (TPSA) is 69.0 Å². The maximum atomic E-state index is 12.6. The van der Waals surface area contributed by atoms with Crippen molar-refractivity contribution in [2.24, 2.45) is 0 Å². The summed E-state index contributed by atoms with van der Waals surface area (Å²) < 4.78 is 7.77. The quantitative estimate of drug-likeness (QED) is 0.842. The lowest BCUT2D eigenvalue weighted by molar-refractivity contribution is -0.0196. The van der Waals surface area contributed by atoms with E-state index in [1.54, 1.807) is 23.2 Å². The molecule has 1 atom stereocenters. The number of aromatic nitrogens is 3. The van der Waals surface area contributed by atoms with Crippen LogP contribution >= 0.6 is 0 Å². The second-order valence-corrected chi connectivity index (χ2v) is 5.93. The molecule has 2 aromatic rings. The van der Waals surface area contributed by atoms with Crippen LogP contribution in [0.15, 0.2) is 29.5 Å². The van der Waals surface area contributed by atoms with Crippen molar-refractivity contribution in [2.75, 3.05) is 19.7 Å². The lowest BCUT2D eigenvalue weighted by Gasteiger charge is -2.32. The molecule has 110 valence electrons. The van der Waals surface area contributed by atoms with E-state index in [9.17, 15) is 4.79 Å². The minimum absolute atomic E-state index is 0.0611. The van der Waals surface area contributed by atoms with E-state index in [0.29, 0.717) is 17.6 Å². The second-order valence-electron chi connectivity index (χ2n) is 5.93. The first-order chi connectivity index (χ1) is 10.3. The Kier molecular flexibility index (Phi) is 3.01. The maximum absolute atomic E-state index is 12.6. The fourth-order valence-corrected chi connectivity index (χ4v) is 3.45. The van der Waals surface area contributed by atoms with Gasteiger partial charge in [0.25, 0.3) is 5.56 Å². The summed E-state index contributed by atoms with van der Waals surface area (Å²) in [5.41, 5.74) is 0.953. The molecule has 2 saturated heterocycles. The van der Waals surface area contributed by atoms with Gasteiger partial charge in [-0.3, -0.25) is 9.36 Å². The minimum atomic E-state index is -0.0693. The van der Waals surface area contributed by atoms with Crippen molar-refractivity contribution < 1.29 is 4.74 Å². The smallest absolute Gasteiger partial charge is 0.280 e. The highest BCUT2D eigenvalue weighted by molar-refractivity contribution is 5.71. The van der Waals surface area contributed by atoms with Crippen LogP contribution in [0.4, 0.5) is 0 Å². The SMILES string of the molecule is O=c1c2ncccc2ncn1[C@@H]1COC2(CCNCC2)C1. The Morgan fingerprint density at radius 2 is 2.19 bits per heavy atom. The van der Waals surface area contributed by atoms with E-state index in [1.165, 1.54) is 0 Å². The summed E-state index contributed by atoms with van der Waals surface area (Å²) in [4.78, 5) is 21.1. The van der Waals surface area contributed by atoms with Gasteiger partial charge in [-0.1, -0.05) is 0 Å². The number of nitrogens with zero attached hydrogens (tertiary/aromatic N) is 3. The summed E-state index contributed by atoms with van der Waals surface area (Å²) in [6.07, 6.45) is 6.18. The summed E-state index contributed by atoms with van der Waals surface area (Å²) in [6.45, 7) is 2.55.